The Morgan fingerprint density at radius 3 is 2.33 bits per heavy atom. The first-order valence-electron chi connectivity index (χ1n) is 14.8. The van der Waals surface area contributed by atoms with E-state index in [4.69, 9.17) is 21.7 Å². The van der Waals surface area contributed by atoms with Crippen molar-refractivity contribution in [1.29, 1.82) is 0 Å². The first-order chi connectivity index (χ1) is 21.0. The molecule has 2 fully saturated rings. The molecule has 2 amide bonds. The molecule has 0 bridgehead atoms. The minimum Gasteiger partial charge on any atom is -0.497 e. The van der Waals surface area contributed by atoms with Crippen LogP contribution in [0.4, 0.5) is 17.1 Å². The summed E-state index contributed by atoms with van der Waals surface area (Å²) in [4.78, 5) is 35.3. The van der Waals surface area contributed by atoms with Gasteiger partial charge in [0.15, 0.2) is 5.11 Å². The zero-order chi connectivity index (χ0) is 30.2. The second kappa shape index (κ2) is 14.3. The van der Waals surface area contributed by atoms with Crippen LogP contribution in [0.3, 0.4) is 0 Å². The van der Waals surface area contributed by atoms with Gasteiger partial charge in [-0.15, -0.1) is 0 Å². The van der Waals surface area contributed by atoms with Gasteiger partial charge >= 0.3 is 0 Å². The first kappa shape index (κ1) is 30.3. The Kier molecular flexibility index (Phi) is 10.1. The predicted octanol–water partition coefficient (Wildman–Crippen LogP) is 4.64. The first-order valence-corrected chi connectivity index (χ1v) is 15.2. The minimum absolute atomic E-state index is 0.0115. The number of thiocarbonyl (C=S) groups is 1. The van der Waals surface area contributed by atoms with Crippen molar-refractivity contribution in [3.63, 3.8) is 0 Å². The quantitative estimate of drug-likeness (QED) is 0.301. The van der Waals surface area contributed by atoms with Gasteiger partial charge in [0.25, 0.3) is 5.91 Å². The highest BCUT2D eigenvalue weighted by Gasteiger charge is 2.44. The van der Waals surface area contributed by atoms with Gasteiger partial charge in [0.2, 0.25) is 5.91 Å². The molecule has 2 aliphatic heterocycles. The Labute approximate surface area is 259 Å². The fourth-order valence-corrected chi connectivity index (χ4v) is 6.01. The number of anilines is 3. The Morgan fingerprint density at radius 1 is 0.907 bits per heavy atom. The van der Waals surface area contributed by atoms with Crippen molar-refractivity contribution in [3.05, 3.63) is 78.9 Å². The van der Waals surface area contributed by atoms with Crippen LogP contribution in [0, 0.1) is 0 Å². The molecule has 0 radical (unpaired) electrons. The molecular formula is C33H39N5O4S. The van der Waals surface area contributed by atoms with Crippen LogP contribution in [0.15, 0.2) is 78.9 Å². The fourth-order valence-electron chi connectivity index (χ4n) is 5.60. The van der Waals surface area contributed by atoms with Gasteiger partial charge in [0.1, 0.15) is 17.5 Å². The molecule has 10 heteroatoms. The van der Waals surface area contributed by atoms with Gasteiger partial charge in [-0.25, -0.2) is 0 Å². The molecule has 3 aromatic rings. The lowest BCUT2D eigenvalue weighted by Gasteiger charge is -2.36. The van der Waals surface area contributed by atoms with Gasteiger partial charge in [-0.05, 0) is 80.6 Å². The largest absolute Gasteiger partial charge is 0.497 e. The van der Waals surface area contributed by atoms with E-state index in [0.29, 0.717) is 35.4 Å². The molecule has 0 unspecified atom stereocenters. The number of ether oxygens (including phenoxy) is 2. The summed E-state index contributed by atoms with van der Waals surface area (Å²) < 4.78 is 10.9. The van der Waals surface area contributed by atoms with Crippen LogP contribution in [0.2, 0.25) is 0 Å². The van der Waals surface area contributed by atoms with Gasteiger partial charge in [-0.3, -0.25) is 19.4 Å². The number of nitrogens with zero attached hydrogens (tertiary/aromatic N) is 4. The van der Waals surface area contributed by atoms with E-state index in [-0.39, 0.29) is 18.2 Å². The van der Waals surface area contributed by atoms with E-state index in [1.807, 2.05) is 48.2 Å². The van der Waals surface area contributed by atoms with E-state index in [1.54, 1.807) is 25.3 Å². The van der Waals surface area contributed by atoms with Gasteiger partial charge in [-0.1, -0.05) is 24.3 Å². The lowest BCUT2D eigenvalue weighted by atomic mass is 10.1. The summed E-state index contributed by atoms with van der Waals surface area (Å²) in [7, 11) is 1.59. The summed E-state index contributed by atoms with van der Waals surface area (Å²) in [6.07, 6.45) is 0.810. The maximum absolute atomic E-state index is 13.8. The van der Waals surface area contributed by atoms with Gasteiger partial charge in [0, 0.05) is 50.2 Å². The van der Waals surface area contributed by atoms with E-state index in [0.717, 1.165) is 44.9 Å². The fraction of sp³-hybridized carbons (Fsp3) is 0.364. The predicted molar refractivity (Wildman–Crippen MR) is 174 cm³/mol. The summed E-state index contributed by atoms with van der Waals surface area (Å²) in [6, 6.07) is 24.3. The molecule has 3 aromatic carbocycles. The number of carbonyl (C=O) groups excluding carboxylic acids is 2. The van der Waals surface area contributed by atoms with E-state index in [2.05, 4.69) is 39.4 Å². The minimum atomic E-state index is -0.698. The third kappa shape index (κ3) is 7.44. The topological polar surface area (TPSA) is 77.6 Å². The monoisotopic (exact) mass is 601 g/mol. The molecule has 0 spiro atoms. The molecular weight excluding hydrogens is 562 g/mol. The van der Waals surface area contributed by atoms with Crippen molar-refractivity contribution >= 4 is 46.2 Å². The van der Waals surface area contributed by atoms with Crippen molar-refractivity contribution in [2.45, 2.75) is 25.8 Å². The Bertz CT molecular complexity index is 1400. The van der Waals surface area contributed by atoms with E-state index in [1.165, 1.54) is 10.6 Å². The third-order valence-corrected chi connectivity index (χ3v) is 8.24. The van der Waals surface area contributed by atoms with Crippen molar-refractivity contribution in [3.8, 4) is 11.5 Å². The van der Waals surface area contributed by atoms with E-state index < -0.39 is 6.04 Å². The number of hydrogen-bond donors (Lipinski definition) is 1. The standard InChI is InChI=1S/C33H39N5O4S/c1-3-42-28-15-13-25(14-16-28)34-31(39)24-30-32(40)38(27-11-7-12-29(23-27)41-2)33(43)37(30)18-8-17-35-19-21-36(22-20-35)26-9-5-4-6-10-26/h4-7,9-16,23,30H,3,8,17-22,24H2,1-2H3,(H,34,39)/t30-/m0/s1. The summed E-state index contributed by atoms with van der Waals surface area (Å²) >= 11 is 5.86. The highest BCUT2D eigenvalue weighted by atomic mass is 32.1. The highest BCUT2D eigenvalue weighted by molar-refractivity contribution is 7.80. The molecule has 226 valence electrons. The number of hydrogen-bond acceptors (Lipinski definition) is 7. The molecule has 2 saturated heterocycles. The molecule has 2 aliphatic rings. The number of rotatable bonds is 12. The molecule has 0 aromatic heterocycles. The third-order valence-electron chi connectivity index (χ3n) is 7.82. The van der Waals surface area contributed by atoms with Crippen molar-refractivity contribution in [2.75, 3.05) is 68.1 Å². The molecule has 2 heterocycles. The normalized spacial score (nSPS) is 17.3. The lowest BCUT2D eigenvalue weighted by Crippen LogP contribution is -2.47. The zero-order valence-corrected chi connectivity index (χ0v) is 25.6. The number of nitrogens with one attached hydrogen (secondary N) is 1. The average molecular weight is 602 g/mol. The van der Waals surface area contributed by atoms with Crippen molar-refractivity contribution < 1.29 is 19.1 Å². The highest BCUT2D eigenvalue weighted by Crippen LogP contribution is 2.30. The van der Waals surface area contributed by atoms with Crippen LogP contribution < -0.4 is 24.6 Å². The Balaban J connectivity index is 1.23. The molecule has 1 N–H and O–H groups in total. The zero-order valence-electron chi connectivity index (χ0n) is 24.8. The number of para-hydroxylation sites is 1. The average Bonchev–Trinajstić information content (AvgIpc) is 3.26. The van der Waals surface area contributed by atoms with Gasteiger partial charge < -0.3 is 24.6 Å². The number of amides is 2. The number of methoxy groups -OCH3 is 1. The molecule has 1 atom stereocenters. The number of piperazine rings is 1. The maximum atomic E-state index is 13.8. The van der Waals surface area contributed by atoms with Crippen molar-refractivity contribution in [2.24, 2.45) is 0 Å². The lowest BCUT2D eigenvalue weighted by molar-refractivity contribution is -0.124. The smallest absolute Gasteiger partial charge is 0.256 e. The molecule has 43 heavy (non-hydrogen) atoms. The summed E-state index contributed by atoms with van der Waals surface area (Å²) in [6.45, 7) is 7.85. The van der Waals surface area contributed by atoms with Crippen molar-refractivity contribution in [1.82, 2.24) is 9.80 Å². The van der Waals surface area contributed by atoms with Crippen LogP contribution in [-0.4, -0.2) is 85.8 Å². The summed E-state index contributed by atoms with van der Waals surface area (Å²) in [5.74, 6) is 0.904. The number of carbonyl (C=O) groups is 2. The SMILES string of the molecule is CCOc1ccc(NC(=O)C[C@H]2C(=O)N(c3cccc(OC)c3)C(=S)N2CCCN2CCN(c3ccccc3)CC2)cc1. The van der Waals surface area contributed by atoms with Crippen LogP contribution in [0.5, 0.6) is 11.5 Å². The maximum Gasteiger partial charge on any atom is 0.256 e. The summed E-state index contributed by atoms with van der Waals surface area (Å²) in [5, 5.41) is 3.33. The molecule has 0 aliphatic carbocycles. The molecule has 0 saturated carbocycles. The second-order valence-corrected chi connectivity index (χ2v) is 11.0. The Morgan fingerprint density at radius 2 is 1.63 bits per heavy atom. The van der Waals surface area contributed by atoms with Crippen LogP contribution in [0.25, 0.3) is 0 Å². The van der Waals surface area contributed by atoms with Gasteiger partial charge in [0.05, 0.1) is 25.8 Å². The van der Waals surface area contributed by atoms with E-state index in [9.17, 15) is 9.59 Å². The second-order valence-electron chi connectivity index (χ2n) is 10.6. The number of benzene rings is 3. The van der Waals surface area contributed by atoms with Crippen LogP contribution >= 0.6 is 12.2 Å². The van der Waals surface area contributed by atoms with Crippen LogP contribution in [-0.2, 0) is 9.59 Å². The molecule has 9 nitrogen and oxygen atoms in total. The molecule has 5 rings (SSSR count). The summed E-state index contributed by atoms with van der Waals surface area (Å²) in [5.41, 5.74) is 2.53. The Hall–Kier alpha value is -4.15. The van der Waals surface area contributed by atoms with E-state index >= 15 is 0 Å². The van der Waals surface area contributed by atoms with Crippen LogP contribution in [0.1, 0.15) is 19.8 Å². The van der Waals surface area contributed by atoms with Gasteiger partial charge in [-0.2, -0.15) is 0 Å².